The molecule has 0 bridgehead atoms. The molecule has 0 radical (unpaired) electrons. The van der Waals surface area contributed by atoms with Gasteiger partial charge < -0.3 is 25.3 Å². The van der Waals surface area contributed by atoms with Crippen LogP contribution in [-0.4, -0.2) is 37.7 Å². The first-order valence-electron chi connectivity index (χ1n) is 6.10. The van der Waals surface area contributed by atoms with Crippen LogP contribution in [0.1, 0.15) is 6.42 Å². The summed E-state index contributed by atoms with van der Waals surface area (Å²) in [6.45, 7) is 0.379. The van der Waals surface area contributed by atoms with E-state index < -0.39 is 0 Å². The summed E-state index contributed by atoms with van der Waals surface area (Å²) in [6.07, 6.45) is 0.226. The van der Waals surface area contributed by atoms with Crippen LogP contribution in [0.3, 0.4) is 0 Å². The van der Waals surface area contributed by atoms with Crippen LogP contribution in [-0.2, 0) is 4.79 Å². The van der Waals surface area contributed by atoms with Gasteiger partial charge in [0, 0.05) is 30.6 Å². The fourth-order valence-electron chi connectivity index (χ4n) is 2.23. The Morgan fingerprint density at radius 3 is 2.70 bits per heavy atom. The maximum atomic E-state index is 12.0. The second-order valence-electron chi connectivity index (χ2n) is 4.47. The Morgan fingerprint density at radius 1 is 1.40 bits per heavy atom. The van der Waals surface area contributed by atoms with E-state index in [1.807, 2.05) is 0 Å². The molecule has 108 valence electrons. The van der Waals surface area contributed by atoms with E-state index >= 15 is 0 Å². The lowest BCUT2D eigenvalue weighted by atomic mass is 10.1. The molecule has 2 rings (SSSR count). The number of oxime groups is 1. The van der Waals surface area contributed by atoms with Crippen molar-refractivity contribution >= 4 is 17.4 Å². The number of ether oxygens (including phenoxy) is 2. The first kappa shape index (κ1) is 14.0. The first-order chi connectivity index (χ1) is 9.60. The summed E-state index contributed by atoms with van der Waals surface area (Å²) < 4.78 is 10.4. The molecule has 0 unspecified atom stereocenters. The summed E-state index contributed by atoms with van der Waals surface area (Å²) in [6, 6.07) is 5.23. The molecule has 1 aliphatic rings. The Morgan fingerprint density at radius 2 is 2.10 bits per heavy atom. The number of hydrogen-bond acceptors (Lipinski definition) is 5. The molecule has 1 aromatic carbocycles. The van der Waals surface area contributed by atoms with Crippen LogP contribution in [0, 0.1) is 5.92 Å². The van der Waals surface area contributed by atoms with Crippen molar-refractivity contribution in [1.29, 1.82) is 0 Å². The largest absolute Gasteiger partial charge is 0.493 e. The van der Waals surface area contributed by atoms with Gasteiger partial charge in [-0.1, -0.05) is 5.16 Å². The molecular weight excluding hydrogens is 262 g/mol. The van der Waals surface area contributed by atoms with Gasteiger partial charge in [0.1, 0.15) is 5.84 Å². The third-order valence-electron chi connectivity index (χ3n) is 3.34. The van der Waals surface area contributed by atoms with E-state index in [2.05, 4.69) is 5.16 Å². The minimum atomic E-state index is -0.277. The van der Waals surface area contributed by atoms with Crippen molar-refractivity contribution in [3.63, 3.8) is 0 Å². The molecule has 20 heavy (non-hydrogen) atoms. The van der Waals surface area contributed by atoms with E-state index in [1.165, 1.54) is 7.11 Å². The minimum absolute atomic E-state index is 0.0707. The van der Waals surface area contributed by atoms with Crippen molar-refractivity contribution in [3.05, 3.63) is 18.2 Å². The fraction of sp³-hybridized carbons (Fsp3) is 0.385. The van der Waals surface area contributed by atoms with Crippen molar-refractivity contribution in [1.82, 2.24) is 0 Å². The molecule has 3 N–H and O–H groups in total. The molecule has 1 fully saturated rings. The average Bonchev–Trinajstić information content (AvgIpc) is 2.87. The van der Waals surface area contributed by atoms with Crippen LogP contribution in [0.4, 0.5) is 5.69 Å². The highest BCUT2D eigenvalue weighted by Crippen LogP contribution is 2.34. The van der Waals surface area contributed by atoms with Crippen LogP contribution >= 0.6 is 0 Å². The van der Waals surface area contributed by atoms with Crippen LogP contribution in [0.15, 0.2) is 23.4 Å². The SMILES string of the molecule is COc1ccc(N2C[C@@H](/C(N)=N\O)CC2=O)cc1OC. The van der Waals surface area contributed by atoms with Gasteiger partial charge in [-0.3, -0.25) is 4.79 Å². The van der Waals surface area contributed by atoms with Crippen molar-refractivity contribution in [2.24, 2.45) is 16.8 Å². The Bertz CT molecular complexity index is 544. The first-order valence-corrected chi connectivity index (χ1v) is 6.10. The van der Waals surface area contributed by atoms with Gasteiger partial charge in [-0.15, -0.1) is 0 Å². The van der Waals surface area contributed by atoms with Gasteiger partial charge >= 0.3 is 0 Å². The Balaban J connectivity index is 2.26. The molecule has 1 heterocycles. The normalized spacial score (nSPS) is 19.3. The average molecular weight is 279 g/mol. The quantitative estimate of drug-likeness (QED) is 0.368. The molecular formula is C13H17N3O4. The van der Waals surface area contributed by atoms with Gasteiger partial charge in [-0.05, 0) is 12.1 Å². The third kappa shape index (κ3) is 2.47. The summed E-state index contributed by atoms with van der Waals surface area (Å²) in [7, 11) is 3.08. The number of anilines is 1. The molecule has 1 aromatic rings. The number of nitrogens with two attached hydrogens (primary N) is 1. The van der Waals surface area contributed by atoms with Gasteiger partial charge in [0.05, 0.1) is 14.2 Å². The second kappa shape index (κ2) is 5.68. The molecule has 1 saturated heterocycles. The predicted octanol–water partition coefficient (Wildman–Crippen LogP) is 0.803. The number of rotatable bonds is 4. The van der Waals surface area contributed by atoms with Gasteiger partial charge in [-0.25, -0.2) is 0 Å². The highest BCUT2D eigenvalue weighted by molar-refractivity contribution is 6.01. The van der Waals surface area contributed by atoms with E-state index in [-0.39, 0.29) is 24.1 Å². The Hall–Kier alpha value is -2.44. The molecule has 1 aliphatic heterocycles. The number of benzene rings is 1. The zero-order valence-electron chi connectivity index (χ0n) is 11.4. The molecule has 7 nitrogen and oxygen atoms in total. The van der Waals surface area contributed by atoms with Gasteiger partial charge in [0.15, 0.2) is 11.5 Å². The summed E-state index contributed by atoms with van der Waals surface area (Å²) >= 11 is 0. The summed E-state index contributed by atoms with van der Waals surface area (Å²) in [5.74, 6) is 0.858. The number of carbonyl (C=O) groups is 1. The fourth-order valence-corrected chi connectivity index (χ4v) is 2.23. The van der Waals surface area contributed by atoms with E-state index in [9.17, 15) is 4.79 Å². The van der Waals surface area contributed by atoms with Crippen molar-refractivity contribution in [2.45, 2.75) is 6.42 Å². The van der Waals surface area contributed by atoms with Crippen LogP contribution in [0.25, 0.3) is 0 Å². The smallest absolute Gasteiger partial charge is 0.227 e. The van der Waals surface area contributed by atoms with Crippen molar-refractivity contribution in [2.75, 3.05) is 25.7 Å². The number of methoxy groups -OCH3 is 2. The molecule has 1 atom stereocenters. The molecule has 1 amide bonds. The standard InChI is InChI=1S/C13H17N3O4/c1-19-10-4-3-9(6-11(10)20-2)16-7-8(5-12(16)17)13(14)15-18/h3-4,6,8,18H,5,7H2,1-2H3,(H2,14,15)/t8-/m0/s1. The predicted molar refractivity (Wildman–Crippen MR) is 73.4 cm³/mol. The van der Waals surface area contributed by atoms with Crippen molar-refractivity contribution in [3.8, 4) is 11.5 Å². The van der Waals surface area contributed by atoms with Gasteiger partial charge in [0.2, 0.25) is 5.91 Å². The molecule has 0 aromatic heterocycles. The Kier molecular flexibility index (Phi) is 3.97. The maximum Gasteiger partial charge on any atom is 0.227 e. The third-order valence-corrected chi connectivity index (χ3v) is 3.34. The van der Waals surface area contributed by atoms with Gasteiger partial charge in [-0.2, -0.15) is 0 Å². The number of amides is 1. The highest BCUT2D eigenvalue weighted by atomic mass is 16.5. The Labute approximate surface area is 116 Å². The zero-order valence-corrected chi connectivity index (χ0v) is 11.4. The second-order valence-corrected chi connectivity index (χ2v) is 4.47. The summed E-state index contributed by atoms with van der Waals surface area (Å²) in [5.41, 5.74) is 6.25. The van der Waals surface area contributed by atoms with Gasteiger partial charge in [0.25, 0.3) is 0 Å². The number of nitrogens with zero attached hydrogens (tertiary/aromatic N) is 2. The molecule has 0 aliphatic carbocycles. The lowest BCUT2D eigenvalue weighted by molar-refractivity contribution is -0.117. The van der Waals surface area contributed by atoms with Crippen LogP contribution < -0.4 is 20.1 Å². The molecule has 7 heteroatoms. The van der Waals surface area contributed by atoms with Crippen LogP contribution in [0.5, 0.6) is 11.5 Å². The maximum absolute atomic E-state index is 12.0. The van der Waals surface area contributed by atoms with E-state index in [1.54, 1.807) is 30.2 Å². The zero-order chi connectivity index (χ0) is 14.7. The number of hydrogen-bond donors (Lipinski definition) is 2. The summed E-state index contributed by atoms with van der Waals surface area (Å²) in [4.78, 5) is 13.6. The lowest BCUT2D eigenvalue weighted by Gasteiger charge is -2.18. The molecule has 0 saturated carbocycles. The van der Waals surface area contributed by atoms with Crippen LogP contribution in [0.2, 0.25) is 0 Å². The summed E-state index contributed by atoms with van der Waals surface area (Å²) in [5, 5.41) is 11.7. The van der Waals surface area contributed by atoms with E-state index in [4.69, 9.17) is 20.4 Å². The van der Waals surface area contributed by atoms with Crippen molar-refractivity contribution < 1.29 is 19.5 Å². The topological polar surface area (TPSA) is 97.4 Å². The highest BCUT2D eigenvalue weighted by Gasteiger charge is 2.33. The molecule has 0 spiro atoms. The monoisotopic (exact) mass is 279 g/mol. The number of carbonyl (C=O) groups excluding carboxylic acids is 1. The lowest BCUT2D eigenvalue weighted by Crippen LogP contribution is -2.28. The number of amidine groups is 1. The van der Waals surface area contributed by atoms with E-state index in [0.717, 1.165) is 0 Å². The minimum Gasteiger partial charge on any atom is -0.493 e. The van der Waals surface area contributed by atoms with E-state index in [0.29, 0.717) is 23.7 Å².